The van der Waals surface area contributed by atoms with Gasteiger partial charge in [-0.05, 0) is 50.3 Å². The Bertz CT molecular complexity index is 887. The second kappa shape index (κ2) is 13.0. The van der Waals surface area contributed by atoms with E-state index in [-0.39, 0.29) is 17.9 Å². The van der Waals surface area contributed by atoms with Crippen molar-refractivity contribution in [2.75, 3.05) is 40.0 Å². The maximum Gasteiger partial charge on any atom is 0.257 e. The van der Waals surface area contributed by atoms with Gasteiger partial charge < -0.3 is 19.3 Å². The monoisotopic (exact) mass is 452 g/mol. The predicted molar refractivity (Wildman–Crippen MR) is 130 cm³/mol. The van der Waals surface area contributed by atoms with Crippen molar-refractivity contribution in [2.24, 2.45) is 0 Å². The van der Waals surface area contributed by atoms with Crippen LogP contribution in [0.15, 0.2) is 54.6 Å². The number of nitrogens with zero attached hydrogens (tertiary/aromatic N) is 2. The summed E-state index contributed by atoms with van der Waals surface area (Å²) in [5.41, 5.74) is 1.73. The molecule has 33 heavy (non-hydrogen) atoms. The number of hydrogen-bond donors (Lipinski definition) is 0. The number of rotatable bonds is 6. The zero-order valence-corrected chi connectivity index (χ0v) is 19.9. The Balaban J connectivity index is 1.91. The molecular weight excluding hydrogens is 416 g/mol. The molecule has 6 heteroatoms. The van der Waals surface area contributed by atoms with E-state index < -0.39 is 0 Å². The average molecular weight is 453 g/mol. The maximum atomic E-state index is 13.2. The van der Waals surface area contributed by atoms with Crippen molar-refractivity contribution in [3.05, 3.63) is 65.7 Å². The summed E-state index contributed by atoms with van der Waals surface area (Å²) < 4.78 is 11.4. The predicted octanol–water partition coefficient (Wildman–Crippen LogP) is 4.19. The first-order chi connectivity index (χ1) is 16.1. The van der Waals surface area contributed by atoms with Crippen LogP contribution in [0.1, 0.15) is 48.5 Å². The third kappa shape index (κ3) is 7.06. The van der Waals surface area contributed by atoms with Crippen LogP contribution in [-0.2, 0) is 16.0 Å². The minimum absolute atomic E-state index is 0.0000154. The number of benzene rings is 2. The highest BCUT2D eigenvalue weighted by Crippen LogP contribution is 2.23. The number of para-hydroxylation sites is 1. The van der Waals surface area contributed by atoms with Gasteiger partial charge >= 0.3 is 0 Å². The molecular formula is C27H36N2O4. The summed E-state index contributed by atoms with van der Waals surface area (Å²) in [4.78, 5) is 30.2. The molecule has 1 atom stereocenters. The summed E-state index contributed by atoms with van der Waals surface area (Å²) in [7, 11) is 1.62. The number of hydrogen-bond acceptors (Lipinski definition) is 4. The highest BCUT2D eigenvalue weighted by molar-refractivity contribution is 5.96. The topological polar surface area (TPSA) is 59.1 Å². The quantitative estimate of drug-likeness (QED) is 0.660. The van der Waals surface area contributed by atoms with E-state index in [1.807, 2.05) is 59.2 Å². The second-order valence-corrected chi connectivity index (χ2v) is 8.43. The van der Waals surface area contributed by atoms with Gasteiger partial charge in [-0.3, -0.25) is 9.59 Å². The molecule has 0 saturated carbocycles. The van der Waals surface area contributed by atoms with Gasteiger partial charge in [0.15, 0.2) is 0 Å². The van der Waals surface area contributed by atoms with Gasteiger partial charge in [-0.15, -0.1) is 0 Å². The number of ether oxygens (including phenoxy) is 2. The molecule has 0 radical (unpaired) electrons. The molecule has 1 heterocycles. The van der Waals surface area contributed by atoms with E-state index in [2.05, 4.69) is 12.1 Å². The molecule has 0 fully saturated rings. The van der Waals surface area contributed by atoms with Crippen molar-refractivity contribution in [1.82, 2.24) is 9.80 Å². The molecule has 3 rings (SSSR count). The molecule has 2 aromatic carbocycles. The Morgan fingerprint density at radius 3 is 2.52 bits per heavy atom. The highest BCUT2D eigenvalue weighted by Gasteiger charge is 2.26. The summed E-state index contributed by atoms with van der Waals surface area (Å²) in [5.74, 6) is 0.651. The molecule has 178 valence electrons. The van der Waals surface area contributed by atoms with Crippen molar-refractivity contribution in [1.29, 1.82) is 0 Å². The summed E-state index contributed by atoms with van der Waals surface area (Å²) in [6.45, 7) is 4.76. The molecule has 0 N–H and O–H groups in total. The van der Waals surface area contributed by atoms with Crippen LogP contribution in [0, 0.1) is 0 Å². The fraction of sp³-hybridized carbons (Fsp3) is 0.481. The second-order valence-electron chi connectivity index (χ2n) is 8.43. The molecule has 0 saturated heterocycles. The molecule has 0 aromatic heterocycles. The van der Waals surface area contributed by atoms with Gasteiger partial charge in [0.25, 0.3) is 5.91 Å². The van der Waals surface area contributed by atoms with Crippen molar-refractivity contribution < 1.29 is 19.1 Å². The number of methoxy groups -OCH3 is 1. The number of carbonyl (C=O) groups excluding carboxylic acids is 2. The van der Waals surface area contributed by atoms with Gasteiger partial charge in [0.05, 0.1) is 24.6 Å². The lowest BCUT2D eigenvalue weighted by Crippen LogP contribution is -2.46. The van der Waals surface area contributed by atoms with Crippen LogP contribution in [0.2, 0.25) is 0 Å². The van der Waals surface area contributed by atoms with E-state index in [0.717, 1.165) is 24.8 Å². The van der Waals surface area contributed by atoms with Gasteiger partial charge in [0, 0.05) is 26.7 Å². The average Bonchev–Trinajstić information content (AvgIpc) is 2.86. The standard InChI is InChI=1S/C27H36N2O4/c1-3-28-17-10-5-11-18-29(26(30)16-19-32-2)23(20-22-12-6-4-7-13-22)21-33-25-15-9-8-14-24(25)27(28)31/h4,6-9,12-15,23H,3,5,10-11,16-21H2,1-2H3/t23-/m0/s1. The lowest BCUT2D eigenvalue weighted by Gasteiger charge is -2.32. The van der Waals surface area contributed by atoms with Crippen LogP contribution in [0.25, 0.3) is 0 Å². The summed E-state index contributed by atoms with van der Waals surface area (Å²) >= 11 is 0. The third-order valence-electron chi connectivity index (χ3n) is 6.14. The lowest BCUT2D eigenvalue weighted by atomic mass is 10.0. The van der Waals surface area contributed by atoms with Crippen LogP contribution in [-0.4, -0.2) is 67.6 Å². The Labute approximate surface area is 197 Å². The zero-order valence-electron chi connectivity index (χ0n) is 19.9. The maximum absolute atomic E-state index is 13.2. The fourth-order valence-electron chi connectivity index (χ4n) is 4.28. The molecule has 1 aliphatic rings. The smallest absolute Gasteiger partial charge is 0.257 e. The number of carbonyl (C=O) groups is 2. The zero-order chi connectivity index (χ0) is 23.5. The minimum atomic E-state index is -0.136. The van der Waals surface area contributed by atoms with Crippen molar-refractivity contribution in [3.63, 3.8) is 0 Å². The van der Waals surface area contributed by atoms with Crippen LogP contribution in [0.3, 0.4) is 0 Å². The molecule has 1 aliphatic heterocycles. The Kier molecular flexibility index (Phi) is 9.76. The molecule has 0 unspecified atom stereocenters. The van der Waals surface area contributed by atoms with Crippen molar-refractivity contribution in [2.45, 2.75) is 45.1 Å². The van der Waals surface area contributed by atoms with Crippen LogP contribution in [0.4, 0.5) is 0 Å². The summed E-state index contributed by atoms with van der Waals surface area (Å²) in [5, 5.41) is 0. The van der Waals surface area contributed by atoms with E-state index in [0.29, 0.717) is 57.0 Å². The van der Waals surface area contributed by atoms with E-state index in [4.69, 9.17) is 9.47 Å². The highest BCUT2D eigenvalue weighted by atomic mass is 16.5. The molecule has 0 aliphatic carbocycles. The fourth-order valence-corrected chi connectivity index (χ4v) is 4.28. The SMILES string of the molecule is CCN1CCCCCN(C(=O)CCOC)[C@@H](Cc2ccccc2)COc2ccccc2C1=O. The van der Waals surface area contributed by atoms with E-state index >= 15 is 0 Å². The molecule has 2 amide bonds. The van der Waals surface area contributed by atoms with E-state index in [9.17, 15) is 9.59 Å². The van der Waals surface area contributed by atoms with Gasteiger partial charge in [0.1, 0.15) is 12.4 Å². The first-order valence-electron chi connectivity index (χ1n) is 12.0. The molecule has 0 spiro atoms. The van der Waals surface area contributed by atoms with Crippen LogP contribution in [0.5, 0.6) is 5.75 Å². The third-order valence-corrected chi connectivity index (χ3v) is 6.14. The first-order valence-corrected chi connectivity index (χ1v) is 12.0. The van der Waals surface area contributed by atoms with Gasteiger partial charge in [-0.25, -0.2) is 0 Å². The number of fused-ring (bicyclic) bond motifs is 1. The first kappa shape index (κ1) is 24.8. The Morgan fingerprint density at radius 2 is 1.76 bits per heavy atom. The van der Waals surface area contributed by atoms with E-state index in [1.165, 1.54) is 0 Å². The Hall–Kier alpha value is -2.86. The van der Waals surface area contributed by atoms with Crippen LogP contribution >= 0.6 is 0 Å². The van der Waals surface area contributed by atoms with Gasteiger partial charge in [-0.2, -0.15) is 0 Å². The lowest BCUT2D eigenvalue weighted by molar-refractivity contribution is -0.135. The molecule has 6 nitrogen and oxygen atoms in total. The van der Waals surface area contributed by atoms with Crippen LogP contribution < -0.4 is 4.74 Å². The largest absolute Gasteiger partial charge is 0.491 e. The molecule has 0 bridgehead atoms. The normalized spacial score (nSPS) is 17.9. The number of amides is 2. The molecule has 2 aromatic rings. The minimum Gasteiger partial charge on any atom is -0.491 e. The van der Waals surface area contributed by atoms with Gasteiger partial charge in [0.2, 0.25) is 5.91 Å². The van der Waals surface area contributed by atoms with E-state index in [1.54, 1.807) is 7.11 Å². The summed E-state index contributed by atoms with van der Waals surface area (Å²) in [6.07, 6.45) is 3.80. The Morgan fingerprint density at radius 1 is 1.03 bits per heavy atom. The summed E-state index contributed by atoms with van der Waals surface area (Å²) in [6, 6.07) is 17.5. The van der Waals surface area contributed by atoms with Gasteiger partial charge in [-0.1, -0.05) is 42.5 Å². The van der Waals surface area contributed by atoms with Crippen molar-refractivity contribution >= 4 is 11.8 Å². The van der Waals surface area contributed by atoms with Crippen molar-refractivity contribution in [3.8, 4) is 5.75 Å².